The number of halogens is 4. The van der Waals surface area contributed by atoms with Crippen LogP contribution in [0.3, 0.4) is 0 Å². The molecule has 0 aliphatic rings. The number of aliphatic hydroxyl groups is 1. The van der Waals surface area contributed by atoms with Crippen LogP contribution in [0.2, 0.25) is 5.15 Å². The third-order valence-electron chi connectivity index (χ3n) is 2.67. The Morgan fingerprint density at radius 1 is 1.45 bits per heavy atom. The number of aliphatic hydroxyl groups excluding tert-OH is 1. The second-order valence-corrected chi connectivity index (χ2v) is 4.59. The summed E-state index contributed by atoms with van der Waals surface area (Å²) < 4.78 is 42.3. The van der Waals surface area contributed by atoms with Crippen molar-refractivity contribution in [3.05, 3.63) is 34.6 Å². The molecule has 7 heteroatoms. The van der Waals surface area contributed by atoms with E-state index in [9.17, 15) is 18.3 Å². The Hall–Kier alpha value is -1.11. The topological polar surface area (TPSA) is 42.4 Å². The van der Waals surface area contributed by atoms with E-state index in [2.05, 4.69) is 4.98 Å². The van der Waals surface area contributed by atoms with E-state index in [0.29, 0.717) is 12.0 Å². The third-order valence-corrected chi connectivity index (χ3v) is 2.98. The van der Waals surface area contributed by atoms with Crippen LogP contribution in [0, 0.1) is 0 Å². The molecule has 112 valence electrons. The van der Waals surface area contributed by atoms with E-state index in [1.165, 1.54) is 13.2 Å². The van der Waals surface area contributed by atoms with Crippen LogP contribution in [-0.4, -0.2) is 29.4 Å². The molecule has 0 saturated heterocycles. The van der Waals surface area contributed by atoms with Gasteiger partial charge in [-0.15, -0.1) is 0 Å². The van der Waals surface area contributed by atoms with Crippen molar-refractivity contribution < 1.29 is 23.0 Å². The van der Waals surface area contributed by atoms with Crippen molar-refractivity contribution in [1.29, 1.82) is 0 Å². The van der Waals surface area contributed by atoms with Crippen molar-refractivity contribution in [2.45, 2.75) is 31.7 Å². The molecule has 0 unspecified atom stereocenters. The smallest absolute Gasteiger partial charge is 0.391 e. The Morgan fingerprint density at radius 2 is 2.10 bits per heavy atom. The normalized spacial score (nSPS) is 15.6. The van der Waals surface area contributed by atoms with Gasteiger partial charge in [-0.25, -0.2) is 4.98 Å². The summed E-state index contributed by atoms with van der Waals surface area (Å²) in [5, 5.41) is 9.15. The fourth-order valence-corrected chi connectivity index (χ4v) is 1.76. The Labute approximate surface area is 120 Å². The van der Waals surface area contributed by atoms with Gasteiger partial charge in [0.15, 0.2) is 0 Å². The second-order valence-electron chi connectivity index (χ2n) is 4.23. The predicted octanol–water partition coefficient (Wildman–Crippen LogP) is 3.55. The number of nitrogens with zero attached hydrogens (tertiary/aromatic N) is 1. The van der Waals surface area contributed by atoms with E-state index in [1.54, 1.807) is 19.1 Å². The highest BCUT2D eigenvalue weighted by atomic mass is 35.5. The zero-order valence-electron chi connectivity index (χ0n) is 11.0. The van der Waals surface area contributed by atoms with Crippen LogP contribution in [-0.2, 0) is 10.9 Å². The SMILES string of the molecule is CO[C@@H](C/C=C/c1ccc(C(F)(F)F)nc1Cl)[C@H](C)O. The van der Waals surface area contributed by atoms with Gasteiger partial charge in [-0.05, 0) is 25.5 Å². The fourth-order valence-electron chi connectivity index (χ4n) is 1.55. The average Bonchev–Trinajstić information content (AvgIpc) is 2.34. The minimum absolute atomic E-state index is 0.220. The maximum absolute atomic E-state index is 12.4. The fraction of sp³-hybridized carbons (Fsp3) is 0.462. The van der Waals surface area contributed by atoms with E-state index < -0.39 is 18.0 Å². The molecular weight excluding hydrogens is 295 g/mol. The molecule has 3 nitrogen and oxygen atoms in total. The molecule has 1 heterocycles. The first kappa shape index (κ1) is 16.9. The summed E-state index contributed by atoms with van der Waals surface area (Å²) >= 11 is 5.70. The molecule has 0 radical (unpaired) electrons. The Balaban J connectivity index is 2.79. The molecule has 2 atom stereocenters. The molecule has 1 N–H and O–H groups in total. The lowest BCUT2D eigenvalue weighted by Gasteiger charge is -2.15. The number of hydrogen-bond donors (Lipinski definition) is 1. The Bertz CT molecular complexity index is 475. The molecule has 0 spiro atoms. The summed E-state index contributed by atoms with van der Waals surface area (Å²) in [7, 11) is 1.47. The van der Waals surface area contributed by atoms with Crippen LogP contribution in [0.5, 0.6) is 0 Å². The standard InChI is InChI=1S/C13H15ClF3NO2/c1-8(19)10(20-2)5-3-4-9-6-7-11(13(15,16)17)18-12(9)14/h3-4,6-8,10,19H,5H2,1-2H3/b4-3+/t8-,10-/m0/s1. The summed E-state index contributed by atoms with van der Waals surface area (Å²) in [6.45, 7) is 1.59. The first-order chi connectivity index (χ1) is 9.25. The van der Waals surface area contributed by atoms with Gasteiger partial charge in [0.05, 0.1) is 12.2 Å². The van der Waals surface area contributed by atoms with Crippen molar-refractivity contribution in [2.75, 3.05) is 7.11 Å². The van der Waals surface area contributed by atoms with Crippen LogP contribution in [0.15, 0.2) is 18.2 Å². The third kappa shape index (κ3) is 4.77. The van der Waals surface area contributed by atoms with Gasteiger partial charge in [-0.2, -0.15) is 13.2 Å². The van der Waals surface area contributed by atoms with Gasteiger partial charge >= 0.3 is 6.18 Å². The lowest BCUT2D eigenvalue weighted by molar-refractivity contribution is -0.141. The van der Waals surface area contributed by atoms with E-state index >= 15 is 0 Å². The van der Waals surface area contributed by atoms with Crippen LogP contribution >= 0.6 is 11.6 Å². The summed E-state index contributed by atoms with van der Waals surface area (Å²) in [5.74, 6) is 0. The van der Waals surface area contributed by atoms with Crippen LogP contribution in [0.25, 0.3) is 6.08 Å². The van der Waals surface area contributed by atoms with Gasteiger partial charge in [0.1, 0.15) is 10.8 Å². The van der Waals surface area contributed by atoms with Gasteiger partial charge < -0.3 is 9.84 Å². The van der Waals surface area contributed by atoms with Crippen molar-refractivity contribution in [2.24, 2.45) is 0 Å². The van der Waals surface area contributed by atoms with Crippen molar-refractivity contribution in [1.82, 2.24) is 4.98 Å². The molecule has 0 aliphatic heterocycles. The molecule has 1 rings (SSSR count). The minimum Gasteiger partial charge on any atom is -0.391 e. The highest BCUT2D eigenvalue weighted by Crippen LogP contribution is 2.29. The maximum Gasteiger partial charge on any atom is 0.433 e. The van der Waals surface area contributed by atoms with E-state index in [-0.39, 0.29) is 11.3 Å². The average molecular weight is 310 g/mol. The van der Waals surface area contributed by atoms with Crippen molar-refractivity contribution >= 4 is 17.7 Å². The maximum atomic E-state index is 12.4. The first-order valence-electron chi connectivity index (χ1n) is 5.87. The van der Waals surface area contributed by atoms with Crippen molar-refractivity contribution in [3.63, 3.8) is 0 Å². The van der Waals surface area contributed by atoms with Crippen LogP contribution in [0.4, 0.5) is 13.2 Å². The number of aromatic nitrogens is 1. The number of alkyl halides is 3. The lowest BCUT2D eigenvalue weighted by Crippen LogP contribution is -2.24. The molecule has 0 aliphatic carbocycles. The van der Waals surface area contributed by atoms with Crippen LogP contribution in [0.1, 0.15) is 24.6 Å². The number of methoxy groups -OCH3 is 1. The molecule has 0 bridgehead atoms. The number of pyridine rings is 1. The minimum atomic E-state index is -4.51. The van der Waals surface area contributed by atoms with Gasteiger partial charge in [-0.3, -0.25) is 0 Å². The molecular formula is C13H15ClF3NO2. The molecule has 0 fully saturated rings. The first-order valence-corrected chi connectivity index (χ1v) is 6.24. The van der Waals surface area contributed by atoms with E-state index in [0.717, 1.165) is 6.07 Å². The summed E-state index contributed by atoms with van der Waals surface area (Å²) in [4.78, 5) is 3.31. The molecule has 0 saturated carbocycles. The van der Waals surface area contributed by atoms with Gasteiger partial charge in [0.2, 0.25) is 0 Å². The van der Waals surface area contributed by atoms with Gasteiger partial charge in [0.25, 0.3) is 0 Å². The van der Waals surface area contributed by atoms with Gasteiger partial charge in [-0.1, -0.05) is 23.8 Å². The Kier molecular flexibility index (Phi) is 5.98. The number of rotatable bonds is 5. The zero-order chi connectivity index (χ0) is 15.3. The molecule has 0 aromatic carbocycles. The van der Waals surface area contributed by atoms with E-state index in [1.807, 2.05) is 0 Å². The summed E-state index contributed by atoms with van der Waals surface area (Å²) in [6, 6.07) is 2.12. The van der Waals surface area contributed by atoms with Gasteiger partial charge in [0, 0.05) is 12.7 Å². The van der Waals surface area contributed by atoms with Crippen LogP contribution < -0.4 is 0 Å². The number of hydrogen-bond acceptors (Lipinski definition) is 3. The monoisotopic (exact) mass is 309 g/mol. The molecule has 0 amide bonds. The summed E-state index contributed by atoms with van der Waals surface area (Å²) in [5.41, 5.74) is -0.654. The summed E-state index contributed by atoms with van der Waals surface area (Å²) in [6.07, 6.45) is -1.93. The highest BCUT2D eigenvalue weighted by Gasteiger charge is 2.32. The largest absolute Gasteiger partial charge is 0.433 e. The molecule has 1 aromatic heterocycles. The Morgan fingerprint density at radius 3 is 2.55 bits per heavy atom. The molecule has 20 heavy (non-hydrogen) atoms. The number of ether oxygens (including phenoxy) is 1. The quantitative estimate of drug-likeness (QED) is 0.846. The lowest BCUT2D eigenvalue weighted by atomic mass is 10.1. The van der Waals surface area contributed by atoms with Crippen molar-refractivity contribution in [3.8, 4) is 0 Å². The second kappa shape index (κ2) is 7.06. The molecule has 1 aromatic rings. The highest BCUT2D eigenvalue weighted by molar-refractivity contribution is 6.30. The zero-order valence-corrected chi connectivity index (χ0v) is 11.7. The van der Waals surface area contributed by atoms with E-state index in [4.69, 9.17) is 16.3 Å². The predicted molar refractivity (Wildman–Crippen MR) is 70.4 cm³/mol.